The van der Waals surface area contributed by atoms with Gasteiger partial charge in [-0.05, 0) is 18.2 Å². The van der Waals surface area contributed by atoms with Gasteiger partial charge in [-0.2, -0.15) is 13.2 Å². The minimum Gasteiger partial charge on any atom is -0.324 e. The molecule has 2 N–H and O–H groups in total. The minimum atomic E-state index is -4.41. The van der Waals surface area contributed by atoms with Crippen LogP contribution in [0.5, 0.6) is 0 Å². The molecule has 0 radical (unpaired) electrons. The molecular weight excluding hydrogens is 297 g/mol. The molecule has 5 nitrogen and oxygen atoms in total. The van der Waals surface area contributed by atoms with Crippen molar-refractivity contribution in [2.24, 2.45) is 0 Å². The van der Waals surface area contributed by atoms with Crippen LogP contribution in [0.25, 0.3) is 0 Å². The Labute approximate surface area is 124 Å². The fourth-order valence-corrected chi connectivity index (χ4v) is 1.61. The molecular formula is C14H13F3N4O. The molecule has 0 aliphatic heterocycles. The first kappa shape index (κ1) is 15.7. The summed E-state index contributed by atoms with van der Waals surface area (Å²) in [5.41, 5.74) is -0.119. The first-order chi connectivity index (χ1) is 10.4. The van der Waals surface area contributed by atoms with E-state index >= 15 is 0 Å². The quantitative estimate of drug-likeness (QED) is 0.905. The van der Waals surface area contributed by atoms with E-state index in [0.717, 1.165) is 12.1 Å². The van der Waals surface area contributed by atoms with Crippen LogP contribution in [-0.4, -0.2) is 15.9 Å². The van der Waals surface area contributed by atoms with Crippen molar-refractivity contribution >= 4 is 23.2 Å². The van der Waals surface area contributed by atoms with Crippen LogP contribution in [0, 0.1) is 0 Å². The van der Waals surface area contributed by atoms with Crippen LogP contribution in [0.1, 0.15) is 18.9 Å². The Kier molecular flexibility index (Phi) is 4.59. The number of nitrogens with zero attached hydrogens (tertiary/aromatic N) is 2. The molecule has 1 heterocycles. The third-order valence-electron chi connectivity index (χ3n) is 2.70. The molecule has 116 valence electrons. The molecule has 2 rings (SSSR count). The van der Waals surface area contributed by atoms with Gasteiger partial charge in [-0.25, -0.2) is 9.97 Å². The summed E-state index contributed by atoms with van der Waals surface area (Å²) < 4.78 is 37.8. The Bertz CT molecular complexity index is 656. The lowest BCUT2D eigenvalue weighted by molar-refractivity contribution is -0.137. The predicted octanol–water partition coefficient (Wildman–Crippen LogP) is 3.59. The molecule has 8 heteroatoms. The SMILES string of the molecule is CCC(=O)Nc1cnc(Nc2cccc(C(F)(F)F)c2)nc1. The Morgan fingerprint density at radius 2 is 1.86 bits per heavy atom. The van der Waals surface area contributed by atoms with E-state index in [2.05, 4.69) is 20.6 Å². The Morgan fingerprint density at radius 1 is 1.18 bits per heavy atom. The highest BCUT2D eigenvalue weighted by Crippen LogP contribution is 2.31. The number of alkyl halides is 3. The highest BCUT2D eigenvalue weighted by molar-refractivity contribution is 5.90. The molecule has 0 saturated carbocycles. The molecule has 0 aliphatic carbocycles. The third-order valence-corrected chi connectivity index (χ3v) is 2.70. The van der Waals surface area contributed by atoms with Crippen LogP contribution < -0.4 is 10.6 Å². The maximum absolute atomic E-state index is 12.6. The van der Waals surface area contributed by atoms with E-state index in [-0.39, 0.29) is 17.5 Å². The van der Waals surface area contributed by atoms with Gasteiger partial charge in [-0.15, -0.1) is 0 Å². The Hall–Kier alpha value is -2.64. The van der Waals surface area contributed by atoms with Crippen molar-refractivity contribution in [3.63, 3.8) is 0 Å². The third kappa shape index (κ3) is 4.18. The van der Waals surface area contributed by atoms with Crippen molar-refractivity contribution in [2.45, 2.75) is 19.5 Å². The fraction of sp³-hybridized carbons (Fsp3) is 0.214. The number of hydrogen-bond donors (Lipinski definition) is 2. The zero-order chi connectivity index (χ0) is 16.2. The summed E-state index contributed by atoms with van der Waals surface area (Å²) in [5.74, 6) is -0.0454. The van der Waals surface area contributed by atoms with Crippen LogP contribution in [-0.2, 0) is 11.0 Å². The summed E-state index contributed by atoms with van der Waals surface area (Å²) in [6.45, 7) is 1.71. The molecule has 0 unspecified atom stereocenters. The van der Waals surface area contributed by atoms with Crippen LogP contribution in [0.3, 0.4) is 0 Å². The molecule has 22 heavy (non-hydrogen) atoms. The lowest BCUT2D eigenvalue weighted by Gasteiger charge is -2.10. The average molecular weight is 310 g/mol. The van der Waals surface area contributed by atoms with Gasteiger partial charge in [0.25, 0.3) is 0 Å². The van der Waals surface area contributed by atoms with Crippen molar-refractivity contribution in [3.05, 3.63) is 42.2 Å². The fourth-order valence-electron chi connectivity index (χ4n) is 1.61. The second kappa shape index (κ2) is 6.42. The van der Waals surface area contributed by atoms with Crippen molar-refractivity contribution in [3.8, 4) is 0 Å². The molecule has 0 bridgehead atoms. The molecule has 0 saturated heterocycles. The van der Waals surface area contributed by atoms with Gasteiger partial charge in [-0.3, -0.25) is 4.79 Å². The molecule has 2 aromatic rings. The van der Waals surface area contributed by atoms with E-state index < -0.39 is 11.7 Å². The molecule has 1 aromatic carbocycles. The van der Waals surface area contributed by atoms with E-state index in [1.54, 1.807) is 6.92 Å². The lowest BCUT2D eigenvalue weighted by Crippen LogP contribution is -2.10. The normalized spacial score (nSPS) is 11.1. The number of aromatic nitrogens is 2. The second-order valence-corrected chi connectivity index (χ2v) is 4.40. The topological polar surface area (TPSA) is 66.9 Å². The van der Waals surface area contributed by atoms with Crippen LogP contribution in [0.15, 0.2) is 36.7 Å². The zero-order valence-corrected chi connectivity index (χ0v) is 11.6. The number of amides is 1. The maximum atomic E-state index is 12.6. The summed E-state index contributed by atoms with van der Waals surface area (Å²) in [4.78, 5) is 19.1. The highest BCUT2D eigenvalue weighted by Gasteiger charge is 2.30. The smallest absolute Gasteiger partial charge is 0.324 e. The van der Waals surface area contributed by atoms with Gasteiger partial charge in [0.2, 0.25) is 11.9 Å². The lowest BCUT2D eigenvalue weighted by atomic mass is 10.2. The zero-order valence-electron chi connectivity index (χ0n) is 11.6. The standard InChI is InChI=1S/C14H13F3N4O/c1-2-12(22)20-11-7-18-13(19-8-11)21-10-5-3-4-9(6-10)14(15,16)17/h3-8H,2H2,1H3,(H,20,22)(H,18,19,21). The second-order valence-electron chi connectivity index (χ2n) is 4.40. The van der Waals surface area contributed by atoms with E-state index in [4.69, 9.17) is 0 Å². The summed E-state index contributed by atoms with van der Waals surface area (Å²) >= 11 is 0. The number of rotatable bonds is 4. The van der Waals surface area contributed by atoms with E-state index in [9.17, 15) is 18.0 Å². The van der Waals surface area contributed by atoms with E-state index in [1.807, 2.05) is 0 Å². The number of carbonyl (C=O) groups is 1. The number of carbonyl (C=O) groups excluding carboxylic acids is 1. The Morgan fingerprint density at radius 3 is 2.45 bits per heavy atom. The van der Waals surface area contributed by atoms with Crippen molar-refractivity contribution in [2.75, 3.05) is 10.6 Å². The van der Waals surface area contributed by atoms with E-state index in [1.165, 1.54) is 24.5 Å². The van der Waals surface area contributed by atoms with Crippen LogP contribution in [0.4, 0.5) is 30.5 Å². The summed E-state index contributed by atoms with van der Waals surface area (Å²) in [6.07, 6.45) is -1.34. The van der Waals surface area contributed by atoms with Crippen LogP contribution >= 0.6 is 0 Å². The van der Waals surface area contributed by atoms with Crippen molar-refractivity contribution < 1.29 is 18.0 Å². The van der Waals surface area contributed by atoms with Gasteiger partial charge in [-0.1, -0.05) is 13.0 Å². The maximum Gasteiger partial charge on any atom is 0.416 e. The molecule has 1 amide bonds. The number of nitrogens with one attached hydrogen (secondary N) is 2. The number of halogens is 3. The highest BCUT2D eigenvalue weighted by atomic mass is 19.4. The minimum absolute atomic E-state index is 0.133. The first-order valence-electron chi connectivity index (χ1n) is 6.44. The van der Waals surface area contributed by atoms with Gasteiger partial charge in [0, 0.05) is 12.1 Å². The van der Waals surface area contributed by atoms with Crippen molar-refractivity contribution in [1.82, 2.24) is 9.97 Å². The number of benzene rings is 1. The van der Waals surface area contributed by atoms with Crippen molar-refractivity contribution in [1.29, 1.82) is 0 Å². The van der Waals surface area contributed by atoms with Gasteiger partial charge in [0.05, 0.1) is 23.6 Å². The predicted molar refractivity (Wildman–Crippen MR) is 75.7 cm³/mol. The summed E-state index contributed by atoms with van der Waals surface area (Å²) in [6, 6.07) is 4.72. The average Bonchev–Trinajstić information content (AvgIpc) is 2.48. The molecule has 0 aliphatic rings. The van der Waals surface area contributed by atoms with Gasteiger partial charge in [0.15, 0.2) is 0 Å². The molecule has 0 atom stereocenters. The molecule has 0 spiro atoms. The Balaban J connectivity index is 2.09. The van der Waals surface area contributed by atoms with Gasteiger partial charge >= 0.3 is 6.18 Å². The largest absolute Gasteiger partial charge is 0.416 e. The number of hydrogen-bond acceptors (Lipinski definition) is 4. The first-order valence-corrected chi connectivity index (χ1v) is 6.44. The molecule has 1 aromatic heterocycles. The monoisotopic (exact) mass is 310 g/mol. The number of anilines is 3. The van der Waals surface area contributed by atoms with E-state index in [0.29, 0.717) is 12.1 Å². The summed E-state index contributed by atoms with van der Waals surface area (Å²) in [7, 11) is 0. The van der Waals surface area contributed by atoms with Crippen LogP contribution in [0.2, 0.25) is 0 Å². The van der Waals surface area contributed by atoms with Gasteiger partial charge < -0.3 is 10.6 Å². The molecule has 0 fully saturated rings. The van der Waals surface area contributed by atoms with Gasteiger partial charge in [0.1, 0.15) is 0 Å². The summed E-state index contributed by atoms with van der Waals surface area (Å²) in [5, 5.41) is 5.25.